The molecular formula is C20H15B2BrF8N4Pt. The average Bonchev–Trinajstić information content (AvgIpc) is 2.79. The largest absolute Gasteiger partial charge is 2.00 e. The van der Waals surface area contributed by atoms with Crippen molar-refractivity contribution in [3.05, 3.63) is 96.0 Å². The average molecular weight is 760 g/mol. The maximum absolute atomic E-state index is 9.75. The molecule has 0 bridgehead atoms. The van der Waals surface area contributed by atoms with Crippen LogP contribution in [0.3, 0.4) is 0 Å². The Labute approximate surface area is 224 Å². The van der Waals surface area contributed by atoms with E-state index in [1.165, 1.54) is 0 Å². The summed E-state index contributed by atoms with van der Waals surface area (Å²) in [6.07, 6.45) is 7.02. The van der Waals surface area contributed by atoms with Crippen molar-refractivity contribution in [2.45, 2.75) is 0 Å². The molecule has 0 N–H and O–H groups in total. The van der Waals surface area contributed by atoms with Crippen LogP contribution >= 0.6 is 15.9 Å². The molecule has 36 heavy (non-hydrogen) atoms. The Balaban J connectivity index is 0.000000564. The molecule has 4 rings (SSSR count). The summed E-state index contributed by atoms with van der Waals surface area (Å²) in [6.45, 7) is 0. The summed E-state index contributed by atoms with van der Waals surface area (Å²) < 4.78 is 79.1. The van der Waals surface area contributed by atoms with Crippen molar-refractivity contribution < 1.29 is 55.6 Å². The van der Waals surface area contributed by atoms with E-state index in [9.17, 15) is 34.5 Å². The van der Waals surface area contributed by atoms with Gasteiger partial charge in [-0.2, -0.15) is 0 Å². The molecule has 0 atom stereocenters. The molecule has 4 aromatic heterocycles. The second-order valence-electron chi connectivity index (χ2n) is 5.99. The minimum atomic E-state index is -6.00. The number of pyridine rings is 4. The zero-order valence-corrected chi connectivity index (χ0v) is 21.7. The monoisotopic (exact) mass is 759 g/mol. The van der Waals surface area contributed by atoms with Crippen molar-refractivity contribution in [3.63, 3.8) is 0 Å². The fourth-order valence-corrected chi connectivity index (χ4v) is 2.32. The van der Waals surface area contributed by atoms with Crippen LogP contribution in [0.15, 0.2) is 96.0 Å². The number of hydrogen-bond donors (Lipinski definition) is 0. The zero-order chi connectivity index (χ0) is 26.3. The van der Waals surface area contributed by atoms with E-state index in [1.54, 1.807) is 24.8 Å². The van der Waals surface area contributed by atoms with E-state index in [4.69, 9.17) is 0 Å². The molecule has 0 aliphatic heterocycles. The molecular weight excluding hydrogens is 745 g/mol. The summed E-state index contributed by atoms with van der Waals surface area (Å²) in [6, 6.07) is 21.3. The molecule has 194 valence electrons. The quantitative estimate of drug-likeness (QED) is 0.156. The van der Waals surface area contributed by atoms with E-state index in [1.807, 2.05) is 66.7 Å². The van der Waals surface area contributed by atoms with E-state index in [0.29, 0.717) is 0 Å². The third-order valence-corrected chi connectivity index (χ3v) is 3.77. The van der Waals surface area contributed by atoms with Crippen molar-refractivity contribution >= 4 is 30.4 Å². The molecule has 0 aliphatic rings. The van der Waals surface area contributed by atoms with E-state index in [0.717, 1.165) is 27.2 Å². The number of nitrogens with zero attached hydrogens (tertiary/aromatic N) is 4. The first-order valence-electron chi connectivity index (χ1n) is 9.43. The van der Waals surface area contributed by atoms with Crippen LogP contribution in [0.5, 0.6) is 0 Å². The van der Waals surface area contributed by atoms with Crippen molar-refractivity contribution in [2.24, 2.45) is 0 Å². The Morgan fingerprint density at radius 2 is 0.861 bits per heavy atom. The third kappa shape index (κ3) is 18.6. The van der Waals surface area contributed by atoms with Crippen LogP contribution in [0, 0.1) is 0 Å². The second-order valence-corrected chi connectivity index (χ2v) is 6.91. The molecule has 16 heteroatoms. The van der Waals surface area contributed by atoms with Crippen LogP contribution in [-0.4, -0.2) is 34.4 Å². The van der Waals surface area contributed by atoms with Gasteiger partial charge in [-0.15, -0.1) is 0 Å². The Kier molecular flexibility index (Phi) is 15.7. The smallest absolute Gasteiger partial charge is 0.418 e. The first-order valence-corrected chi connectivity index (χ1v) is 10.2. The van der Waals surface area contributed by atoms with Crippen LogP contribution in [0.25, 0.3) is 22.8 Å². The molecule has 0 aromatic carbocycles. The summed E-state index contributed by atoms with van der Waals surface area (Å²) in [5.74, 6) is 0. The van der Waals surface area contributed by atoms with Gasteiger partial charge in [-0.25, -0.2) is 4.98 Å². The minimum absolute atomic E-state index is 0. The van der Waals surface area contributed by atoms with Crippen LogP contribution in [-0.2, 0) is 21.1 Å². The molecule has 0 saturated heterocycles. The van der Waals surface area contributed by atoms with E-state index >= 15 is 0 Å². The fourth-order valence-electron chi connectivity index (χ4n) is 2.08. The predicted molar refractivity (Wildman–Crippen MR) is 123 cm³/mol. The molecule has 4 aromatic rings. The maximum Gasteiger partial charge on any atom is 2.00 e. The molecule has 4 heterocycles. The van der Waals surface area contributed by atoms with Crippen molar-refractivity contribution in [1.29, 1.82) is 0 Å². The number of halogens is 9. The zero-order valence-electron chi connectivity index (χ0n) is 17.8. The van der Waals surface area contributed by atoms with Gasteiger partial charge in [-0.1, -0.05) is 34.1 Å². The van der Waals surface area contributed by atoms with Gasteiger partial charge < -0.3 is 34.5 Å². The topological polar surface area (TPSA) is 51.6 Å². The van der Waals surface area contributed by atoms with Crippen LogP contribution in [0.2, 0.25) is 0 Å². The van der Waals surface area contributed by atoms with Gasteiger partial charge in [0.05, 0.1) is 22.8 Å². The van der Waals surface area contributed by atoms with Gasteiger partial charge in [0, 0.05) is 29.3 Å². The van der Waals surface area contributed by atoms with Gasteiger partial charge in [0.1, 0.15) is 0 Å². The molecule has 0 saturated carbocycles. The standard InChI is InChI=1S/C15H11N3.C5H4BrN.2BF4.Pt/c1-3-10-16-12(6-1)14-8-5-9-15(18-14)13-7-2-4-11-17-13;6-5-1-3-7-4-2-5;2*2-1(3,4)5;/h1-11H;1-4H;;;/q;;2*-1;+2. The molecule has 4 nitrogen and oxygen atoms in total. The first-order chi connectivity index (χ1) is 16.3. The predicted octanol–water partition coefficient (Wildman–Crippen LogP) is 7.65. The van der Waals surface area contributed by atoms with Gasteiger partial charge in [-0.3, -0.25) is 15.0 Å². The second kappa shape index (κ2) is 16.9. The van der Waals surface area contributed by atoms with Crippen molar-refractivity contribution in [1.82, 2.24) is 19.9 Å². The van der Waals surface area contributed by atoms with E-state index in [2.05, 4.69) is 35.9 Å². The van der Waals surface area contributed by atoms with Gasteiger partial charge in [0.15, 0.2) is 0 Å². The molecule has 0 unspecified atom stereocenters. The van der Waals surface area contributed by atoms with Crippen molar-refractivity contribution in [3.8, 4) is 22.8 Å². The molecule has 0 spiro atoms. The van der Waals surface area contributed by atoms with Crippen LogP contribution in [0.1, 0.15) is 0 Å². The fraction of sp³-hybridized carbons (Fsp3) is 0. The number of aromatic nitrogens is 4. The SMILES string of the molecule is Brc1ccncc1.F[B-](F)(F)F.F[B-](F)(F)F.[Pt+2].c1ccc(-c2cccc(-c3ccccn3)n2)nc1. The number of rotatable bonds is 2. The Hall–Kier alpha value is -2.66. The van der Waals surface area contributed by atoms with Crippen LogP contribution < -0.4 is 0 Å². The van der Waals surface area contributed by atoms with Gasteiger partial charge >= 0.3 is 35.6 Å². The van der Waals surface area contributed by atoms with E-state index in [-0.39, 0.29) is 21.1 Å². The molecule has 0 fully saturated rings. The normalized spacial score (nSPS) is 10.1. The van der Waals surface area contributed by atoms with Crippen LogP contribution in [0.4, 0.5) is 34.5 Å². The summed E-state index contributed by atoms with van der Waals surface area (Å²) in [7, 11) is -12.0. The summed E-state index contributed by atoms with van der Waals surface area (Å²) in [4.78, 5) is 17.0. The maximum atomic E-state index is 9.75. The summed E-state index contributed by atoms with van der Waals surface area (Å²) >= 11 is 3.27. The third-order valence-electron chi connectivity index (χ3n) is 3.24. The summed E-state index contributed by atoms with van der Waals surface area (Å²) in [5, 5.41) is 0. The van der Waals surface area contributed by atoms with Crippen molar-refractivity contribution in [2.75, 3.05) is 0 Å². The Morgan fingerprint density at radius 1 is 0.500 bits per heavy atom. The Morgan fingerprint density at radius 3 is 1.14 bits per heavy atom. The first kappa shape index (κ1) is 33.3. The summed E-state index contributed by atoms with van der Waals surface area (Å²) in [5.41, 5.74) is 3.46. The minimum Gasteiger partial charge on any atom is -0.418 e. The molecule has 0 radical (unpaired) electrons. The molecule has 0 amide bonds. The number of hydrogen-bond acceptors (Lipinski definition) is 4. The van der Waals surface area contributed by atoms with Gasteiger partial charge in [-0.05, 0) is 48.5 Å². The van der Waals surface area contributed by atoms with E-state index < -0.39 is 14.5 Å². The van der Waals surface area contributed by atoms with Gasteiger partial charge in [0.2, 0.25) is 0 Å². The van der Waals surface area contributed by atoms with Gasteiger partial charge in [0.25, 0.3) is 0 Å². The molecule has 0 aliphatic carbocycles. The Bertz CT molecular complexity index is 1030.